The van der Waals surface area contributed by atoms with Crippen molar-refractivity contribution in [2.24, 2.45) is 0 Å². The third kappa shape index (κ3) is 2.89. The maximum absolute atomic E-state index is 12.8. The van der Waals surface area contributed by atoms with Crippen molar-refractivity contribution in [2.75, 3.05) is 6.61 Å². The molecule has 0 amide bonds. The largest absolute Gasteiger partial charge is 0.478 e. The van der Waals surface area contributed by atoms with Gasteiger partial charge in [-0.3, -0.25) is 4.79 Å². The highest BCUT2D eigenvalue weighted by molar-refractivity contribution is 5.73. The molecule has 4 nitrogen and oxygen atoms in total. The molecule has 0 fully saturated rings. The van der Waals surface area contributed by atoms with Crippen molar-refractivity contribution < 1.29 is 4.74 Å². The number of terminal acetylenes is 1. The number of hydrogen-bond donors (Lipinski definition) is 0. The second kappa shape index (κ2) is 6.95. The van der Waals surface area contributed by atoms with E-state index in [0.29, 0.717) is 24.3 Å². The van der Waals surface area contributed by atoms with Crippen LogP contribution < -0.4 is 10.3 Å². The van der Waals surface area contributed by atoms with Crippen LogP contribution in [0.2, 0.25) is 0 Å². The number of rotatable bonds is 5. The zero-order chi connectivity index (χ0) is 16.1. The van der Waals surface area contributed by atoms with Gasteiger partial charge < -0.3 is 4.74 Å². The Balaban J connectivity index is 2.81. The van der Waals surface area contributed by atoms with Crippen molar-refractivity contribution in [1.82, 2.24) is 9.78 Å². The molecule has 1 aromatic heterocycles. The molecule has 1 heterocycles. The molecule has 2 rings (SSSR count). The number of benzene rings is 1. The van der Waals surface area contributed by atoms with Crippen molar-refractivity contribution in [3.05, 3.63) is 45.9 Å². The average molecular weight is 296 g/mol. The van der Waals surface area contributed by atoms with E-state index in [-0.39, 0.29) is 12.2 Å². The smallest absolute Gasteiger partial charge is 0.278 e. The lowest BCUT2D eigenvalue weighted by atomic mass is 10.00. The molecule has 0 saturated heterocycles. The standard InChI is InChI=1S/C18H20N2O2/c1-5-12-22-17-15(6-2)19-20(7-3)18(21)16(17)14-11-9-8-10-13(14)4/h1,8-11H,6-7,12H2,2-4H3. The van der Waals surface area contributed by atoms with Crippen molar-refractivity contribution in [1.29, 1.82) is 0 Å². The van der Waals surface area contributed by atoms with Crippen molar-refractivity contribution in [3.63, 3.8) is 0 Å². The molecule has 0 N–H and O–H groups in total. The summed E-state index contributed by atoms with van der Waals surface area (Å²) in [5.74, 6) is 2.95. The van der Waals surface area contributed by atoms with Gasteiger partial charge in [0, 0.05) is 6.54 Å². The molecule has 0 spiro atoms. The molecule has 0 bridgehead atoms. The molecular formula is C18H20N2O2. The van der Waals surface area contributed by atoms with Crippen molar-refractivity contribution in [2.45, 2.75) is 33.7 Å². The molecule has 0 saturated carbocycles. The summed E-state index contributed by atoms with van der Waals surface area (Å²) in [6.07, 6.45) is 5.97. The molecule has 0 aliphatic heterocycles. The first-order valence-electron chi connectivity index (χ1n) is 7.40. The van der Waals surface area contributed by atoms with E-state index in [1.165, 1.54) is 4.68 Å². The van der Waals surface area contributed by atoms with Gasteiger partial charge in [0.1, 0.15) is 12.3 Å². The second-order valence-corrected chi connectivity index (χ2v) is 4.93. The summed E-state index contributed by atoms with van der Waals surface area (Å²) in [5.41, 5.74) is 3.01. The Hall–Kier alpha value is -2.54. The predicted octanol–water partition coefficient (Wildman–Crippen LogP) is 2.81. The highest BCUT2D eigenvalue weighted by Gasteiger charge is 2.20. The van der Waals surface area contributed by atoms with E-state index in [9.17, 15) is 4.79 Å². The number of hydrogen-bond acceptors (Lipinski definition) is 3. The van der Waals surface area contributed by atoms with E-state index in [4.69, 9.17) is 11.2 Å². The average Bonchev–Trinajstić information content (AvgIpc) is 2.54. The van der Waals surface area contributed by atoms with Gasteiger partial charge in [0.15, 0.2) is 5.75 Å². The van der Waals surface area contributed by atoms with Gasteiger partial charge in [-0.15, -0.1) is 6.42 Å². The molecule has 22 heavy (non-hydrogen) atoms. The molecule has 0 radical (unpaired) electrons. The van der Waals surface area contributed by atoms with Gasteiger partial charge in [-0.05, 0) is 31.4 Å². The summed E-state index contributed by atoms with van der Waals surface area (Å²) < 4.78 is 7.16. The SMILES string of the molecule is C#CCOc1c(CC)nn(CC)c(=O)c1-c1ccccc1C. The number of aryl methyl sites for hydroxylation is 3. The van der Waals surface area contributed by atoms with Gasteiger partial charge >= 0.3 is 0 Å². The number of nitrogens with zero attached hydrogens (tertiary/aromatic N) is 2. The minimum atomic E-state index is -0.152. The molecule has 2 aromatic rings. The van der Waals surface area contributed by atoms with Gasteiger partial charge in [-0.25, -0.2) is 4.68 Å². The van der Waals surface area contributed by atoms with Gasteiger partial charge in [0.25, 0.3) is 5.56 Å². The molecule has 0 unspecified atom stereocenters. The summed E-state index contributed by atoms with van der Waals surface area (Å²) in [5, 5.41) is 4.39. The summed E-state index contributed by atoms with van der Waals surface area (Å²) >= 11 is 0. The minimum absolute atomic E-state index is 0.114. The van der Waals surface area contributed by atoms with Crippen LogP contribution in [0.4, 0.5) is 0 Å². The van der Waals surface area contributed by atoms with Crippen LogP contribution in [-0.4, -0.2) is 16.4 Å². The van der Waals surface area contributed by atoms with Gasteiger partial charge in [0.05, 0.1) is 5.56 Å². The first kappa shape index (κ1) is 15.8. The van der Waals surface area contributed by atoms with E-state index in [1.807, 2.05) is 45.0 Å². The first-order chi connectivity index (χ1) is 10.6. The zero-order valence-electron chi connectivity index (χ0n) is 13.2. The fourth-order valence-corrected chi connectivity index (χ4v) is 2.41. The molecule has 0 aliphatic rings. The maximum Gasteiger partial charge on any atom is 0.278 e. The van der Waals surface area contributed by atoms with Crippen molar-refractivity contribution in [3.8, 4) is 29.2 Å². The lowest BCUT2D eigenvalue weighted by Crippen LogP contribution is -2.26. The van der Waals surface area contributed by atoms with Gasteiger partial charge in [-0.1, -0.05) is 37.1 Å². The third-order valence-electron chi connectivity index (χ3n) is 3.53. The van der Waals surface area contributed by atoms with Crippen molar-refractivity contribution >= 4 is 0 Å². The maximum atomic E-state index is 12.8. The molecule has 0 aliphatic carbocycles. The Morgan fingerprint density at radius 1 is 1.32 bits per heavy atom. The monoisotopic (exact) mass is 296 g/mol. The fraction of sp³-hybridized carbons (Fsp3) is 0.333. The number of aromatic nitrogens is 2. The van der Waals surface area contributed by atoms with Gasteiger partial charge in [-0.2, -0.15) is 5.10 Å². The van der Waals surface area contributed by atoms with Crippen LogP contribution in [0.25, 0.3) is 11.1 Å². The first-order valence-corrected chi connectivity index (χ1v) is 7.40. The summed E-state index contributed by atoms with van der Waals surface area (Å²) in [6.45, 7) is 6.49. The highest BCUT2D eigenvalue weighted by Crippen LogP contribution is 2.31. The predicted molar refractivity (Wildman–Crippen MR) is 88.1 cm³/mol. The van der Waals surface area contributed by atoms with Crippen LogP contribution >= 0.6 is 0 Å². The Morgan fingerprint density at radius 3 is 2.64 bits per heavy atom. The molecule has 114 valence electrons. The topological polar surface area (TPSA) is 44.1 Å². The Morgan fingerprint density at radius 2 is 2.05 bits per heavy atom. The quantitative estimate of drug-likeness (QED) is 0.797. The lowest BCUT2D eigenvalue weighted by molar-refractivity contribution is 0.360. The van der Waals surface area contributed by atoms with Crippen LogP contribution in [-0.2, 0) is 13.0 Å². The Bertz CT molecular complexity index is 770. The van der Waals surface area contributed by atoms with E-state index in [2.05, 4.69) is 11.0 Å². The van der Waals surface area contributed by atoms with E-state index < -0.39 is 0 Å². The fourth-order valence-electron chi connectivity index (χ4n) is 2.41. The molecule has 1 aromatic carbocycles. The zero-order valence-corrected chi connectivity index (χ0v) is 13.2. The summed E-state index contributed by atoms with van der Waals surface area (Å²) in [7, 11) is 0. The Kier molecular flexibility index (Phi) is 5.00. The highest BCUT2D eigenvalue weighted by atomic mass is 16.5. The summed E-state index contributed by atoms with van der Waals surface area (Å²) in [4.78, 5) is 12.8. The van der Waals surface area contributed by atoms with Crippen LogP contribution in [0.15, 0.2) is 29.1 Å². The normalized spacial score (nSPS) is 10.3. The Labute approximate surface area is 130 Å². The van der Waals surface area contributed by atoms with E-state index in [0.717, 1.165) is 16.8 Å². The van der Waals surface area contributed by atoms with E-state index in [1.54, 1.807) is 0 Å². The third-order valence-corrected chi connectivity index (χ3v) is 3.53. The van der Waals surface area contributed by atoms with Crippen LogP contribution in [0.5, 0.6) is 5.75 Å². The molecule has 0 atom stereocenters. The summed E-state index contributed by atoms with van der Waals surface area (Å²) in [6, 6.07) is 7.76. The van der Waals surface area contributed by atoms with E-state index >= 15 is 0 Å². The lowest BCUT2D eigenvalue weighted by Gasteiger charge is -2.16. The van der Waals surface area contributed by atoms with Crippen LogP contribution in [0.1, 0.15) is 25.1 Å². The molecular weight excluding hydrogens is 276 g/mol. The number of ether oxygens (including phenoxy) is 1. The van der Waals surface area contributed by atoms with Gasteiger partial charge in [0.2, 0.25) is 0 Å². The minimum Gasteiger partial charge on any atom is -0.478 e. The van der Waals surface area contributed by atoms with Crippen LogP contribution in [0, 0.1) is 19.3 Å². The second-order valence-electron chi connectivity index (χ2n) is 4.93. The van der Waals surface area contributed by atoms with Crippen LogP contribution in [0.3, 0.4) is 0 Å². The molecule has 4 heteroatoms.